The molecule has 170 valence electrons. The van der Waals surface area contributed by atoms with E-state index in [1.165, 1.54) is 0 Å². The Morgan fingerprint density at radius 1 is 1.25 bits per heavy atom. The number of hydrazine groups is 1. The van der Waals surface area contributed by atoms with Crippen LogP contribution < -0.4 is 20.4 Å². The number of benzene rings is 1. The lowest BCUT2D eigenvalue weighted by Gasteiger charge is -2.36. The van der Waals surface area contributed by atoms with Gasteiger partial charge in [-0.1, -0.05) is 6.07 Å². The maximum Gasteiger partial charge on any atom is 0.284 e. The molecule has 2 aliphatic heterocycles. The number of amides is 2. The molecule has 0 aliphatic carbocycles. The third-order valence-electron chi connectivity index (χ3n) is 5.54. The molecule has 1 fully saturated rings. The molecule has 10 heteroatoms. The second-order valence-corrected chi connectivity index (χ2v) is 8.16. The van der Waals surface area contributed by atoms with Crippen molar-refractivity contribution in [3.8, 4) is 5.75 Å². The van der Waals surface area contributed by atoms with Crippen molar-refractivity contribution in [3.63, 3.8) is 0 Å². The largest absolute Gasteiger partial charge is 0.479 e. The van der Waals surface area contributed by atoms with E-state index in [0.29, 0.717) is 23.6 Å². The SMILES string of the molecule is CC1Oc2ccc(CN3CCN(c4ccc(C(=O)NN(C)C)nc4)CC3)c(F)c2NC1=O. The van der Waals surface area contributed by atoms with E-state index in [-0.39, 0.29) is 17.5 Å². The first kappa shape index (κ1) is 22.0. The number of anilines is 2. The number of carbonyl (C=O) groups is 2. The Morgan fingerprint density at radius 2 is 2.00 bits per heavy atom. The van der Waals surface area contributed by atoms with Crippen molar-refractivity contribution < 1.29 is 18.7 Å². The van der Waals surface area contributed by atoms with E-state index in [0.717, 1.165) is 31.9 Å². The third kappa shape index (κ3) is 4.66. The number of rotatable bonds is 5. The minimum Gasteiger partial charge on any atom is -0.479 e. The van der Waals surface area contributed by atoms with Crippen LogP contribution in [-0.2, 0) is 11.3 Å². The number of hydrogen-bond donors (Lipinski definition) is 2. The predicted octanol–water partition coefficient (Wildman–Crippen LogP) is 1.47. The van der Waals surface area contributed by atoms with Crippen molar-refractivity contribution in [2.45, 2.75) is 19.6 Å². The quantitative estimate of drug-likeness (QED) is 0.678. The zero-order chi connectivity index (χ0) is 22.8. The Labute approximate surface area is 186 Å². The summed E-state index contributed by atoms with van der Waals surface area (Å²) in [5, 5.41) is 4.18. The van der Waals surface area contributed by atoms with Crippen LogP contribution >= 0.6 is 0 Å². The van der Waals surface area contributed by atoms with Crippen LogP contribution in [0.15, 0.2) is 30.5 Å². The highest BCUT2D eigenvalue weighted by atomic mass is 19.1. The van der Waals surface area contributed by atoms with Crippen LogP contribution in [0.1, 0.15) is 23.0 Å². The number of halogens is 1. The second kappa shape index (κ2) is 9.09. The Bertz CT molecular complexity index is 1010. The predicted molar refractivity (Wildman–Crippen MR) is 118 cm³/mol. The Kier molecular flexibility index (Phi) is 6.24. The van der Waals surface area contributed by atoms with Gasteiger partial charge in [-0.15, -0.1) is 0 Å². The van der Waals surface area contributed by atoms with E-state index in [9.17, 15) is 14.0 Å². The van der Waals surface area contributed by atoms with Gasteiger partial charge in [-0.05, 0) is 25.1 Å². The molecule has 32 heavy (non-hydrogen) atoms. The smallest absolute Gasteiger partial charge is 0.284 e. The molecule has 3 heterocycles. The first-order valence-corrected chi connectivity index (χ1v) is 10.5. The summed E-state index contributed by atoms with van der Waals surface area (Å²) in [5.74, 6) is -0.685. The van der Waals surface area contributed by atoms with Crippen molar-refractivity contribution >= 4 is 23.2 Å². The van der Waals surface area contributed by atoms with Crippen LogP contribution in [0.4, 0.5) is 15.8 Å². The molecule has 1 atom stereocenters. The number of carbonyl (C=O) groups excluding carboxylic acids is 2. The van der Waals surface area contributed by atoms with E-state index < -0.39 is 11.9 Å². The lowest BCUT2D eigenvalue weighted by Crippen LogP contribution is -2.46. The van der Waals surface area contributed by atoms with Crippen LogP contribution in [0.25, 0.3) is 0 Å². The monoisotopic (exact) mass is 442 g/mol. The molecule has 0 bridgehead atoms. The molecular formula is C22H27FN6O3. The summed E-state index contributed by atoms with van der Waals surface area (Å²) >= 11 is 0. The maximum absolute atomic E-state index is 15.0. The zero-order valence-electron chi connectivity index (χ0n) is 18.4. The molecule has 4 rings (SSSR count). The highest BCUT2D eigenvalue weighted by Gasteiger charge is 2.28. The van der Waals surface area contributed by atoms with Gasteiger partial charge in [-0.2, -0.15) is 0 Å². The first-order valence-electron chi connectivity index (χ1n) is 10.5. The molecule has 2 aromatic rings. The first-order chi connectivity index (χ1) is 15.3. The van der Waals surface area contributed by atoms with E-state index >= 15 is 0 Å². The van der Waals surface area contributed by atoms with Gasteiger partial charge in [-0.3, -0.25) is 19.9 Å². The van der Waals surface area contributed by atoms with E-state index in [4.69, 9.17) is 4.74 Å². The lowest BCUT2D eigenvalue weighted by atomic mass is 10.1. The molecule has 1 saturated heterocycles. The van der Waals surface area contributed by atoms with Gasteiger partial charge in [0.25, 0.3) is 11.8 Å². The summed E-state index contributed by atoms with van der Waals surface area (Å²) in [6.45, 7) is 5.09. The zero-order valence-corrected chi connectivity index (χ0v) is 18.4. The van der Waals surface area contributed by atoms with Crippen molar-refractivity contribution in [2.75, 3.05) is 50.5 Å². The lowest BCUT2D eigenvalue weighted by molar-refractivity contribution is -0.122. The van der Waals surface area contributed by atoms with Gasteiger partial charge in [0.1, 0.15) is 17.1 Å². The second-order valence-electron chi connectivity index (χ2n) is 8.16. The standard InChI is InChI=1S/C22H27FN6O3/c1-14-21(30)25-20-18(32-14)7-4-15(19(20)23)13-28-8-10-29(11-9-28)16-5-6-17(24-12-16)22(31)26-27(2)3/h4-7,12,14H,8-11,13H2,1-3H3,(H,25,30)(H,26,31). The molecule has 2 N–H and O–H groups in total. The van der Waals surface area contributed by atoms with Gasteiger partial charge in [0.05, 0.1) is 11.9 Å². The van der Waals surface area contributed by atoms with Gasteiger partial charge in [0.2, 0.25) is 0 Å². The van der Waals surface area contributed by atoms with Crippen LogP contribution in [0, 0.1) is 5.82 Å². The minimum atomic E-state index is -0.633. The summed E-state index contributed by atoms with van der Waals surface area (Å²) in [6.07, 6.45) is 1.07. The Hall–Kier alpha value is -3.24. The highest BCUT2D eigenvalue weighted by Crippen LogP contribution is 2.34. The molecule has 1 unspecified atom stereocenters. The fourth-order valence-corrected chi connectivity index (χ4v) is 3.78. The van der Waals surface area contributed by atoms with Crippen LogP contribution in [-0.4, -0.2) is 73.1 Å². The van der Waals surface area contributed by atoms with Crippen molar-refractivity contribution in [1.82, 2.24) is 20.3 Å². The number of nitrogens with one attached hydrogen (secondary N) is 2. The number of nitrogens with zero attached hydrogens (tertiary/aromatic N) is 4. The van der Waals surface area contributed by atoms with E-state index in [1.807, 2.05) is 6.07 Å². The van der Waals surface area contributed by atoms with Gasteiger partial charge < -0.3 is 15.0 Å². The van der Waals surface area contributed by atoms with Crippen molar-refractivity contribution in [1.29, 1.82) is 0 Å². The Balaban J connectivity index is 1.35. The van der Waals surface area contributed by atoms with Crippen LogP contribution in [0.2, 0.25) is 0 Å². The average molecular weight is 442 g/mol. The highest BCUT2D eigenvalue weighted by molar-refractivity contribution is 5.97. The number of piperazine rings is 1. The fourth-order valence-electron chi connectivity index (χ4n) is 3.78. The maximum atomic E-state index is 15.0. The molecular weight excluding hydrogens is 415 g/mol. The van der Waals surface area contributed by atoms with Gasteiger partial charge in [-0.25, -0.2) is 14.4 Å². The minimum absolute atomic E-state index is 0.119. The molecule has 0 saturated carbocycles. The molecule has 2 amide bonds. The summed E-state index contributed by atoms with van der Waals surface area (Å²) < 4.78 is 20.4. The number of fused-ring (bicyclic) bond motifs is 1. The van der Waals surface area contributed by atoms with Gasteiger partial charge in [0.15, 0.2) is 11.9 Å². The van der Waals surface area contributed by atoms with Gasteiger partial charge >= 0.3 is 0 Å². The fraction of sp³-hybridized carbons (Fsp3) is 0.409. The molecule has 1 aromatic heterocycles. The van der Waals surface area contributed by atoms with Gasteiger partial charge in [0, 0.05) is 52.4 Å². The van der Waals surface area contributed by atoms with E-state index in [2.05, 4.69) is 25.5 Å². The molecule has 0 spiro atoms. The number of hydrogen-bond acceptors (Lipinski definition) is 7. The number of pyridine rings is 1. The average Bonchev–Trinajstić information content (AvgIpc) is 2.77. The van der Waals surface area contributed by atoms with E-state index in [1.54, 1.807) is 50.4 Å². The topological polar surface area (TPSA) is 90.0 Å². The normalized spacial score (nSPS) is 18.7. The molecule has 9 nitrogen and oxygen atoms in total. The summed E-state index contributed by atoms with van der Waals surface area (Å²) in [5.41, 5.74) is 4.61. The number of aromatic nitrogens is 1. The van der Waals surface area contributed by atoms with Crippen molar-refractivity contribution in [3.05, 3.63) is 47.5 Å². The summed E-state index contributed by atoms with van der Waals surface area (Å²) in [7, 11) is 3.48. The number of ether oxygens (including phenoxy) is 1. The molecule has 0 radical (unpaired) electrons. The molecule has 2 aliphatic rings. The van der Waals surface area contributed by atoms with Crippen LogP contribution in [0.3, 0.4) is 0 Å². The summed E-state index contributed by atoms with van der Waals surface area (Å²) in [4.78, 5) is 32.5. The third-order valence-corrected chi connectivity index (χ3v) is 5.54. The molecule has 1 aromatic carbocycles. The summed E-state index contributed by atoms with van der Waals surface area (Å²) in [6, 6.07) is 7.02. The van der Waals surface area contributed by atoms with Crippen LogP contribution in [0.5, 0.6) is 5.75 Å². The van der Waals surface area contributed by atoms with Crippen molar-refractivity contribution in [2.24, 2.45) is 0 Å². The Morgan fingerprint density at radius 3 is 2.66 bits per heavy atom.